The minimum atomic E-state index is -0.324. The van der Waals surface area contributed by atoms with Gasteiger partial charge >= 0.3 is 0 Å². The van der Waals surface area contributed by atoms with E-state index in [0.29, 0.717) is 37.6 Å². The molecule has 1 saturated heterocycles. The minimum Gasteiger partial charge on any atom is -0.491 e. The second-order valence-electron chi connectivity index (χ2n) is 6.56. The zero-order chi connectivity index (χ0) is 19.1. The molecule has 0 unspecified atom stereocenters. The Morgan fingerprint density at radius 3 is 2.44 bits per heavy atom. The fourth-order valence-electron chi connectivity index (χ4n) is 3.11. The van der Waals surface area contributed by atoms with Crippen molar-refractivity contribution in [3.8, 4) is 5.75 Å². The largest absolute Gasteiger partial charge is 0.491 e. The summed E-state index contributed by atoms with van der Waals surface area (Å²) in [7, 11) is 0. The number of rotatable bonds is 7. The van der Waals surface area contributed by atoms with Crippen molar-refractivity contribution in [1.29, 1.82) is 0 Å². The van der Waals surface area contributed by atoms with Gasteiger partial charge in [0.25, 0.3) is 0 Å². The lowest BCUT2D eigenvalue weighted by molar-refractivity contribution is -0.133. The van der Waals surface area contributed by atoms with Crippen LogP contribution in [-0.4, -0.2) is 43.2 Å². The molecule has 144 valence electrons. The highest BCUT2D eigenvalue weighted by molar-refractivity contribution is 5.78. The molecule has 0 saturated carbocycles. The van der Waals surface area contributed by atoms with Gasteiger partial charge in [-0.25, -0.2) is 8.78 Å². The van der Waals surface area contributed by atoms with E-state index in [0.717, 1.165) is 12.8 Å². The van der Waals surface area contributed by atoms with E-state index in [1.165, 1.54) is 24.3 Å². The van der Waals surface area contributed by atoms with E-state index in [2.05, 4.69) is 0 Å². The van der Waals surface area contributed by atoms with Crippen LogP contribution in [0.2, 0.25) is 0 Å². The first-order chi connectivity index (χ1) is 13.1. The molecule has 0 aromatic heterocycles. The van der Waals surface area contributed by atoms with Gasteiger partial charge in [0.1, 0.15) is 24.0 Å². The molecule has 0 spiro atoms. The van der Waals surface area contributed by atoms with Crippen molar-refractivity contribution in [2.24, 2.45) is 0 Å². The van der Waals surface area contributed by atoms with Gasteiger partial charge in [-0.05, 0) is 54.8 Å². The van der Waals surface area contributed by atoms with Crippen LogP contribution in [0.1, 0.15) is 18.4 Å². The van der Waals surface area contributed by atoms with Crippen molar-refractivity contribution < 1.29 is 23.0 Å². The third-order valence-electron chi connectivity index (χ3n) is 4.56. The summed E-state index contributed by atoms with van der Waals surface area (Å²) < 4.78 is 37.3. The highest BCUT2D eigenvalue weighted by Gasteiger charge is 2.23. The van der Waals surface area contributed by atoms with Crippen molar-refractivity contribution in [3.05, 3.63) is 65.7 Å². The SMILES string of the molecule is O=C(Cc1cccc(F)c1)N1CCC(OCCOc2ccc(F)cc2)CC1. The van der Waals surface area contributed by atoms with Crippen molar-refractivity contribution in [3.63, 3.8) is 0 Å². The quantitative estimate of drug-likeness (QED) is 0.694. The highest BCUT2D eigenvalue weighted by atomic mass is 19.1. The number of amides is 1. The average Bonchev–Trinajstić information content (AvgIpc) is 2.67. The van der Waals surface area contributed by atoms with Crippen LogP contribution in [0.5, 0.6) is 5.75 Å². The van der Waals surface area contributed by atoms with Gasteiger partial charge in [0.15, 0.2) is 0 Å². The molecule has 3 rings (SSSR count). The van der Waals surface area contributed by atoms with Crippen LogP contribution in [0.25, 0.3) is 0 Å². The van der Waals surface area contributed by atoms with E-state index in [1.54, 1.807) is 29.2 Å². The molecule has 1 heterocycles. The zero-order valence-corrected chi connectivity index (χ0v) is 15.1. The smallest absolute Gasteiger partial charge is 0.226 e. The molecule has 0 aliphatic carbocycles. The summed E-state index contributed by atoms with van der Waals surface area (Å²) in [4.78, 5) is 14.1. The summed E-state index contributed by atoms with van der Waals surface area (Å²) in [6.45, 7) is 2.11. The Bertz CT molecular complexity index is 743. The van der Waals surface area contributed by atoms with Crippen LogP contribution in [-0.2, 0) is 16.0 Å². The minimum absolute atomic E-state index is 0.0127. The van der Waals surface area contributed by atoms with E-state index >= 15 is 0 Å². The Morgan fingerprint density at radius 2 is 1.74 bits per heavy atom. The first-order valence-corrected chi connectivity index (χ1v) is 9.12. The highest BCUT2D eigenvalue weighted by Crippen LogP contribution is 2.16. The molecule has 2 aromatic carbocycles. The number of ether oxygens (including phenoxy) is 2. The second kappa shape index (κ2) is 9.46. The molecule has 1 aliphatic heterocycles. The molecule has 2 aromatic rings. The normalized spacial score (nSPS) is 15.0. The Hall–Kier alpha value is -2.47. The molecule has 0 atom stereocenters. The van der Waals surface area contributed by atoms with Crippen LogP contribution >= 0.6 is 0 Å². The number of carbonyl (C=O) groups is 1. The van der Waals surface area contributed by atoms with E-state index < -0.39 is 0 Å². The lowest BCUT2D eigenvalue weighted by Crippen LogP contribution is -2.41. The molecule has 4 nitrogen and oxygen atoms in total. The van der Waals surface area contributed by atoms with Crippen LogP contribution < -0.4 is 4.74 Å². The van der Waals surface area contributed by atoms with Crippen LogP contribution in [0.3, 0.4) is 0 Å². The van der Waals surface area contributed by atoms with Gasteiger partial charge in [0.2, 0.25) is 5.91 Å². The summed E-state index contributed by atoms with van der Waals surface area (Å²) in [5, 5.41) is 0. The zero-order valence-electron chi connectivity index (χ0n) is 15.1. The number of benzene rings is 2. The van der Waals surface area contributed by atoms with Crippen molar-refractivity contribution in [2.75, 3.05) is 26.3 Å². The Labute approximate surface area is 157 Å². The summed E-state index contributed by atoms with van der Waals surface area (Å²) in [5.41, 5.74) is 0.691. The first kappa shape index (κ1) is 19.3. The average molecular weight is 375 g/mol. The molecule has 0 bridgehead atoms. The van der Waals surface area contributed by atoms with Gasteiger partial charge in [-0.1, -0.05) is 12.1 Å². The van der Waals surface area contributed by atoms with Gasteiger partial charge in [0.05, 0.1) is 19.1 Å². The summed E-state index contributed by atoms with van der Waals surface area (Å²) in [6.07, 6.45) is 1.85. The van der Waals surface area contributed by atoms with E-state index in [1.807, 2.05) is 0 Å². The van der Waals surface area contributed by atoms with E-state index in [-0.39, 0.29) is 30.1 Å². The van der Waals surface area contributed by atoms with Crippen molar-refractivity contribution in [2.45, 2.75) is 25.4 Å². The lowest BCUT2D eigenvalue weighted by Gasteiger charge is -2.32. The number of hydrogen-bond acceptors (Lipinski definition) is 3. The maximum atomic E-state index is 13.2. The molecule has 0 radical (unpaired) electrons. The van der Waals surface area contributed by atoms with Crippen LogP contribution in [0.4, 0.5) is 8.78 Å². The first-order valence-electron chi connectivity index (χ1n) is 9.12. The predicted octanol–water partition coefficient (Wildman–Crippen LogP) is 3.59. The van der Waals surface area contributed by atoms with Gasteiger partial charge in [-0.3, -0.25) is 4.79 Å². The number of nitrogens with zero attached hydrogens (tertiary/aromatic N) is 1. The molecule has 27 heavy (non-hydrogen) atoms. The second-order valence-corrected chi connectivity index (χ2v) is 6.56. The van der Waals surface area contributed by atoms with Gasteiger partial charge < -0.3 is 14.4 Å². The fourth-order valence-corrected chi connectivity index (χ4v) is 3.11. The van der Waals surface area contributed by atoms with Crippen molar-refractivity contribution in [1.82, 2.24) is 4.90 Å². The summed E-state index contributed by atoms with van der Waals surface area (Å²) in [5.74, 6) is 0.00373. The molecule has 6 heteroatoms. The Morgan fingerprint density at radius 1 is 1.00 bits per heavy atom. The number of likely N-dealkylation sites (tertiary alicyclic amines) is 1. The van der Waals surface area contributed by atoms with Crippen LogP contribution in [0, 0.1) is 11.6 Å². The predicted molar refractivity (Wildman–Crippen MR) is 97.6 cm³/mol. The maximum absolute atomic E-state index is 13.2. The standard InChI is InChI=1S/C21H23F2NO3/c22-17-4-6-19(7-5-17)26-12-13-27-20-8-10-24(11-9-20)21(25)15-16-2-1-3-18(23)14-16/h1-7,14,20H,8-13,15H2. The molecular weight excluding hydrogens is 352 g/mol. The molecular formula is C21H23F2NO3. The monoisotopic (exact) mass is 375 g/mol. The maximum Gasteiger partial charge on any atom is 0.226 e. The molecule has 0 N–H and O–H groups in total. The summed E-state index contributed by atoms with van der Waals surface area (Å²) >= 11 is 0. The van der Waals surface area contributed by atoms with E-state index in [9.17, 15) is 13.6 Å². The van der Waals surface area contributed by atoms with Crippen molar-refractivity contribution >= 4 is 5.91 Å². The third kappa shape index (κ3) is 6.03. The van der Waals surface area contributed by atoms with Crippen LogP contribution in [0.15, 0.2) is 48.5 Å². The van der Waals surface area contributed by atoms with E-state index in [4.69, 9.17) is 9.47 Å². The topological polar surface area (TPSA) is 38.8 Å². The molecule has 1 aliphatic rings. The Balaban J connectivity index is 1.33. The molecule has 1 amide bonds. The molecule has 1 fully saturated rings. The van der Waals surface area contributed by atoms with Gasteiger partial charge in [0, 0.05) is 13.1 Å². The fraction of sp³-hybridized carbons (Fsp3) is 0.381. The third-order valence-corrected chi connectivity index (χ3v) is 4.56. The van der Waals surface area contributed by atoms with Gasteiger partial charge in [-0.15, -0.1) is 0 Å². The Kier molecular flexibility index (Phi) is 6.76. The number of carbonyl (C=O) groups excluding carboxylic acids is 1. The summed E-state index contributed by atoms with van der Waals surface area (Å²) in [6, 6.07) is 12.0. The van der Waals surface area contributed by atoms with Gasteiger partial charge in [-0.2, -0.15) is 0 Å². The number of halogens is 2. The lowest BCUT2D eigenvalue weighted by atomic mass is 10.1. The number of hydrogen-bond donors (Lipinski definition) is 0. The number of piperidine rings is 1.